The summed E-state index contributed by atoms with van der Waals surface area (Å²) in [6, 6.07) is 14.7. The molecule has 3 heterocycles. The van der Waals surface area contributed by atoms with Crippen LogP contribution >= 0.6 is 0 Å². The molecular formula is C30H34F3N7O. The zero-order chi connectivity index (χ0) is 28.3. The Morgan fingerprint density at radius 2 is 1.63 bits per heavy atom. The third-order valence-electron chi connectivity index (χ3n) is 7.01. The standard InChI is InChI=1S/C29H30F3N7O.CH4/c1-38-10-12-39(13-11-38)18-22-6-8-24(15-25(22)29(30,31)32)36-28(40)37-27-14-23(17-35-27)20-4-2-19(3-5-20)21-7-9-26(33)34-16-21;/h2-9,14-16H,10-13,17-18H2,1H3,(H2,33,34)(H2,35,36,37,40);1H4. The summed E-state index contributed by atoms with van der Waals surface area (Å²) in [5.41, 5.74) is 8.93. The van der Waals surface area contributed by atoms with E-state index >= 15 is 0 Å². The fourth-order valence-electron chi connectivity index (χ4n) is 4.71. The van der Waals surface area contributed by atoms with Crippen LogP contribution in [0.5, 0.6) is 0 Å². The molecule has 2 aliphatic rings. The molecular weight excluding hydrogens is 531 g/mol. The molecule has 11 heteroatoms. The number of rotatable bonds is 5. The van der Waals surface area contributed by atoms with Gasteiger partial charge in [-0.05, 0) is 59.7 Å². The SMILES string of the molecule is C.CN1CCN(Cc2ccc(NC(=O)NC3=NCC(c4ccc(-c5ccc(N)nc5)cc4)=C3)cc2C(F)(F)F)CC1. The van der Waals surface area contributed by atoms with E-state index in [9.17, 15) is 18.0 Å². The number of alkyl halides is 3. The Morgan fingerprint density at radius 3 is 2.29 bits per heavy atom. The van der Waals surface area contributed by atoms with E-state index in [1.54, 1.807) is 18.3 Å². The summed E-state index contributed by atoms with van der Waals surface area (Å²) in [4.78, 5) is 25.2. The Morgan fingerprint density at radius 1 is 0.951 bits per heavy atom. The summed E-state index contributed by atoms with van der Waals surface area (Å²) in [7, 11) is 2.00. The minimum atomic E-state index is -4.54. The van der Waals surface area contributed by atoms with Crippen LogP contribution in [-0.2, 0) is 12.7 Å². The lowest BCUT2D eigenvalue weighted by molar-refractivity contribution is -0.138. The molecule has 0 bridgehead atoms. The second-order valence-electron chi connectivity index (χ2n) is 9.95. The lowest BCUT2D eigenvalue weighted by Gasteiger charge is -2.33. The van der Waals surface area contributed by atoms with Gasteiger partial charge in [0.25, 0.3) is 0 Å². The molecule has 0 atom stereocenters. The maximum absolute atomic E-state index is 13.9. The number of nitrogens with two attached hydrogens (primary N) is 1. The molecule has 41 heavy (non-hydrogen) atoms. The van der Waals surface area contributed by atoms with Crippen molar-refractivity contribution in [2.24, 2.45) is 4.99 Å². The number of carbonyl (C=O) groups is 1. The molecule has 216 valence electrons. The maximum Gasteiger partial charge on any atom is 0.416 e. The quantitative estimate of drug-likeness (QED) is 0.388. The second kappa shape index (κ2) is 12.5. The van der Waals surface area contributed by atoms with Gasteiger partial charge in [-0.1, -0.05) is 37.8 Å². The van der Waals surface area contributed by atoms with Crippen LogP contribution in [0.1, 0.15) is 24.1 Å². The molecule has 2 aromatic carbocycles. The molecule has 3 aromatic rings. The molecule has 0 aliphatic carbocycles. The number of halogens is 3. The van der Waals surface area contributed by atoms with E-state index in [0.717, 1.165) is 41.4 Å². The molecule has 0 radical (unpaired) electrons. The normalized spacial score (nSPS) is 16.0. The van der Waals surface area contributed by atoms with Gasteiger partial charge in [-0.15, -0.1) is 0 Å². The zero-order valence-electron chi connectivity index (χ0n) is 22.0. The summed E-state index contributed by atoms with van der Waals surface area (Å²) in [5, 5.41) is 5.13. The molecule has 0 saturated carbocycles. The highest BCUT2D eigenvalue weighted by Gasteiger charge is 2.34. The van der Waals surface area contributed by atoms with Gasteiger partial charge in [-0.2, -0.15) is 13.2 Å². The van der Waals surface area contributed by atoms with Crippen LogP contribution < -0.4 is 16.4 Å². The van der Waals surface area contributed by atoms with Crippen molar-refractivity contribution in [3.05, 3.63) is 83.6 Å². The Hall–Kier alpha value is -4.22. The third kappa shape index (κ3) is 7.50. The highest BCUT2D eigenvalue weighted by molar-refractivity contribution is 6.12. The van der Waals surface area contributed by atoms with Gasteiger partial charge in [0.05, 0.1) is 12.1 Å². The average molecular weight is 566 g/mol. The first kappa shape index (κ1) is 29.8. The van der Waals surface area contributed by atoms with Gasteiger partial charge in [0, 0.05) is 50.2 Å². The van der Waals surface area contributed by atoms with Gasteiger partial charge in [-0.3, -0.25) is 15.2 Å². The van der Waals surface area contributed by atoms with Gasteiger partial charge in [0.15, 0.2) is 0 Å². The number of benzene rings is 2. The molecule has 5 rings (SSSR count). The molecule has 8 nitrogen and oxygen atoms in total. The van der Waals surface area contributed by atoms with Crippen LogP contribution in [0, 0.1) is 0 Å². The van der Waals surface area contributed by atoms with Crippen molar-refractivity contribution in [3.63, 3.8) is 0 Å². The zero-order valence-corrected chi connectivity index (χ0v) is 22.0. The molecule has 2 aliphatic heterocycles. The van der Waals surface area contributed by atoms with E-state index in [1.165, 1.54) is 12.1 Å². The fraction of sp³-hybridized carbons (Fsp3) is 0.300. The van der Waals surface area contributed by atoms with Crippen molar-refractivity contribution in [3.8, 4) is 11.1 Å². The smallest absolute Gasteiger partial charge is 0.384 e. The highest BCUT2D eigenvalue weighted by Crippen LogP contribution is 2.34. The van der Waals surface area contributed by atoms with Crippen molar-refractivity contribution in [2.45, 2.75) is 20.1 Å². The number of anilines is 2. The minimum absolute atomic E-state index is 0. The van der Waals surface area contributed by atoms with Crippen LogP contribution in [-0.4, -0.2) is 66.4 Å². The number of urea groups is 1. The summed E-state index contributed by atoms with van der Waals surface area (Å²) in [6.45, 7) is 3.62. The van der Waals surface area contributed by atoms with Crippen LogP contribution in [0.4, 0.5) is 29.5 Å². The lowest BCUT2D eigenvalue weighted by atomic mass is 10.0. The van der Waals surface area contributed by atoms with Gasteiger partial charge in [-0.25, -0.2) is 9.78 Å². The van der Waals surface area contributed by atoms with E-state index in [-0.39, 0.29) is 25.2 Å². The van der Waals surface area contributed by atoms with E-state index < -0.39 is 17.8 Å². The number of amides is 2. The molecule has 0 unspecified atom stereocenters. The Kier molecular flexibility index (Phi) is 9.09. The van der Waals surface area contributed by atoms with Crippen LogP contribution in [0.15, 0.2) is 71.9 Å². The number of pyridine rings is 1. The van der Waals surface area contributed by atoms with Crippen molar-refractivity contribution in [1.82, 2.24) is 20.1 Å². The second-order valence-corrected chi connectivity index (χ2v) is 9.95. The summed E-state index contributed by atoms with van der Waals surface area (Å²) in [6.07, 6.45) is -1.08. The molecule has 4 N–H and O–H groups in total. The number of hydrogen-bond acceptors (Lipinski definition) is 6. The van der Waals surface area contributed by atoms with Crippen molar-refractivity contribution >= 4 is 28.9 Å². The first-order valence-electron chi connectivity index (χ1n) is 12.9. The largest absolute Gasteiger partial charge is 0.416 e. The van der Waals surface area contributed by atoms with Crippen molar-refractivity contribution < 1.29 is 18.0 Å². The number of nitrogens with zero attached hydrogens (tertiary/aromatic N) is 4. The minimum Gasteiger partial charge on any atom is -0.384 e. The number of aliphatic imine (C=N–C) groups is 1. The Labute approximate surface area is 237 Å². The first-order chi connectivity index (χ1) is 19.1. The number of amidine groups is 1. The van der Waals surface area contributed by atoms with E-state index in [1.807, 2.05) is 42.3 Å². The number of piperazine rings is 1. The molecule has 1 saturated heterocycles. The average Bonchev–Trinajstić information content (AvgIpc) is 3.39. The van der Waals surface area contributed by atoms with Gasteiger partial charge >= 0.3 is 12.2 Å². The number of aromatic nitrogens is 1. The van der Waals surface area contributed by atoms with Crippen LogP contribution in [0.2, 0.25) is 0 Å². The predicted octanol–water partition coefficient (Wildman–Crippen LogP) is 5.35. The number of nitrogen functional groups attached to an aromatic ring is 1. The summed E-state index contributed by atoms with van der Waals surface area (Å²) in [5.74, 6) is 0.791. The maximum atomic E-state index is 13.9. The Balaban J connectivity index is 0.00000387. The van der Waals surface area contributed by atoms with Crippen molar-refractivity contribution in [2.75, 3.05) is 50.8 Å². The van der Waals surface area contributed by atoms with Gasteiger partial charge in [0.2, 0.25) is 0 Å². The monoisotopic (exact) mass is 565 g/mol. The Bertz CT molecular complexity index is 1430. The molecule has 1 fully saturated rings. The first-order valence-corrected chi connectivity index (χ1v) is 12.9. The van der Waals surface area contributed by atoms with Gasteiger partial charge < -0.3 is 16.0 Å². The molecule has 1 aromatic heterocycles. The molecule has 2 amide bonds. The molecule has 0 spiro atoms. The fourth-order valence-corrected chi connectivity index (χ4v) is 4.71. The van der Waals surface area contributed by atoms with Crippen LogP contribution in [0.3, 0.4) is 0 Å². The highest BCUT2D eigenvalue weighted by atomic mass is 19.4. The van der Waals surface area contributed by atoms with Crippen LogP contribution in [0.25, 0.3) is 16.7 Å². The summed E-state index contributed by atoms with van der Waals surface area (Å²) < 4.78 is 41.6. The third-order valence-corrected chi connectivity index (χ3v) is 7.01. The number of nitrogens with one attached hydrogen (secondary N) is 2. The van der Waals surface area contributed by atoms with E-state index in [0.29, 0.717) is 31.3 Å². The number of likely N-dealkylation sites (N-methyl/N-ethyl adjacent to an activating group) is 1. The van der Waals surface area contributed by atoms with Crippen molar-refractivity contribution in [1.29, 1.82) is 0 Å². The van der Waals surface area contributed by atoms with E-state index in [4.69, 9.17) is 5.73 Å². The summed E-state index contributed by atoms with van der Waals surface area (Å²) >= 11 is 0. The van der Waals surface area contributed by atoms with E-state index in [2.05, 4.69) is 25.5 Å². The number of carbonyl (C=O) groups excluding carboxylic acids is 1. The van der Waals surface area contributed by atoms with Gasteiger partial charge in [0.1, 0.15) is 11.7 Å². The lowest BCUT2D eigenvalue weighted by Crippen LogP contribution is -2.44. The predicted molar refractivity (Wildman–Crippen MR) is 157 cm³/mol. The topological polar surface area (TPSA) is 98.9 Å². The number of hydrogen-bond donors (Lipinski definition) is 3.